The van der Waals surface area contributed by atoms with Crippen molar-refractivity contribution in [1.82, 2.24) is 14.1 Å². The van der Waals surface area contributed by atoms with E-state index in [2.05, 4.69) is 5.10 Å². The Morgan fingerprint density at radius 1 is 1.25 bits per heavy atom. The molecule has 24 heavy (non-hydrogen) atoms. The number of sulfonamides is 1. The van der Waals surface area contributed by atoms with Gasteiger partial charge in [-0.25, -0.2) is 12.7 Å². The highest BCUT2D eigenvalue weighted by Gasteiger charge is 2.30. The van der Waals surface area contributed by atoms with Crippen molar-refractivity contribution in [3.05, 3.63) is 41.7 Å². The Balaban J connectivity index is 1.90. The summed E-state index contributed by atoms with van der Waals surface area (Å²) in [7, 11) is -1.15. The standard InChI is InChI=1S/C16H19N3O4S/c1-18(24(21,22)13-8-6-12(23-2)7-9-13)16(20)14-11-17-19-10-4-3-5-15(14)19/h6-9,11H,3-5,10H2,1-2H3. The lowest BCUT2D eigenvalue weighted by atomic mass is 10.1. The molecule has 0 saturated carbocycles. The Morgan fingerprint density at radius 2 is 1.96 bits per heavy atom. The Labute approximate surface area is 140 Å². The van der Waals surface area contributed by atoms with E-state index in [0.29, 0.717) is 11.3 Å². The number of nitrogens with zero attached hydrogens (tertiary/aromatic N) is 3. The van der Waals surface area contributed by atoms with Crippen molar-refractivity contribution in [1.29, 1.82) is 0 Å². The van der Waals surface area contributed by atoms with Gasteiger partial charge in [0.25, 0.3) is 15.9 Å². The summed E-state index contributed by atoms with van der Waals surface area (Å²) in [6, 6.07) is 5.94. The number of ether oxygens (including phenoxy) is 1. The minimum Gasteiger partial charge on any atom is -0.497 e. The molecule has 0 unspecified atom stereocenters. The number of carbonyl (C=O) groups is 1. The first kappa shape index (κ1) is 16.5. The summed E-state index contributed by atoms with van der Waals surface area (Å²) in [5.41, 5.74) is 1.16. The number of amides is 1. The highest BCUT2D eigenvalue weighted by molar-refractivity contribution is 7.89. The number of rotatable bonds is 4. The molecule has 0 spiro atoms. The van der Waals surface area contributed by atoms with E-state index in [9.17, 15) is 13.2 Å². The molecule has 0 atom stereocenters. The summed E-state index contributed by atoms with van der Waals surface area (Å²) >= 11 is 0. The molecule has 1 aromatic carbocycles. The highest BCUT2D eigenvalue weighted by atomic mass is 32.2. The summed E-state index contributed by atoms with van der Waals surface area (Å²) in [6.45, 7) is 0.761. The average molecular weight is 349 g/mol. The Hall–Kier alpha value is -2.35. The molecule has 2 aromatic rings. The van der Waals surface area contributed by atoms with Crippen molar-refractivity contribution in [2.75, 3.05) is 14.2 Å². The van der Waals surface area contributed by atoms with E-state index in [0.717, 1.165) is 35.8 Å². The van der Waals surface area contributed by atoms with Crippen LogP contribution in [-0.2, 0) is 23.0 Å². The summed E-state index contributed by atoms with van der Waals surface area (Å²) in [6.07, 6.45) is 4.18. The van der Waals surface area contributed by atoms with Crippen LogP contribution in [-0.4, -0.2) is 42.6 Å². The molecule has 2 heterocycles. The molecule has 1 aromatic heterocycles. The molecular weight excluding hydrogens is 330 g/mol. The van der Waals surface area contributed by atoms with Crippen LogP contribution in [0.1, 0.15) is 28.9 Å². The van der Waals surface area contributed by atoms with Gasteiger partial charge in [0.1, 0.15) is 5.75 Å². The number of methoxy groups -OCH3 is 1. The van der Waals surface area contributed by atoms with Gasteiger partial charge in [-0.15, -0.1) is 0 Å². The van der Waals surface area contributed by atoms with Gasteiger partial charge in [-0.2, -0.15) is 5.10 Å². The number of aryl methyl sites for hydroxylation is 1. The van der Waals surface area contributed by atoms with Gasteiger partial charge in [0.15, 0.2) is 0 Å². The molecule has 1 aliphatic rings. The van der Waals surface area contributed by atoms with Crippen LogP contribution in [0.4, 0.5) is 0 Å². The lowest BCUT2D eigenvalue weighted by molar-refractivity contribution is 0.0881. The SMILES string of the molecule is COc1ccc(S(=O)(=O)N(C)C(=O)c2cnn3c2CCCC3)cc1. The maximum atomic E-state index is 12.7. The van der Waals surface area contributed by atoms with Gasteiger partial charge in [0.05, 0.1) is 29.5 Å². The summed E-state index contributed by atoms with van der Waals surface area (Å²) in [4.78, 5) is 12.7. The fourth-order valence-corrected chi connectivity index (χ4v) is 3.90. The normalized spacial score (nSPS) is 14.1. The topological polar surface area (TPSA) is 81.5 Å². The Kier molecular flexibility index (Phi) is 4.31. The zero-order valence-corrected chi connectivity index (χ0v) is 14.4. The van der Waals surface area contributed by atoms with E-state index < -0.39 is 15.9 Å². The molecule has 8 heteroatoms. The smallest absolute Gasteiger partial charge is 0.270 e. The molecule has 0 bridgehead atoms. The lowest BCUT2D eigenvalue weighted by Crippen LogP contribution is -2.34. The molecule has 1 aliphatic heterocycles. The van der Waals surface area contributed by atoms with E-state index >= 15 is 0 Å². The second-order valence-corrected chi connectivity index (χ2v) is 7.61. The monoisotopic (exact) mass is 349 g/mol. The fraction of sp³-hybridized carbons (Fsp3) is 0.375. The molecule has 7 nitrogen and oxygen atoms in total. The van der Waals surface area contributed by atoms with Crippen LogP contribution in [0.15, 0.2) is 35.4 Å². The van der Waals surface area contributed by atoms with E-state index in [1.165, 1.54) is 32.5 Å². The first-order valence-corrected chi connectivity index (χ1v) is 9.11. The van der Waals surface area contributed by atoms with Crippen molar-refractivity contribution in [2.45, 2.75) is 30.7 Å². The lowest BCUT2D eigenvalue weighted by Gasteiger charge is -2.19. The number of carbonyl (C=O) groups excluding carboxylic acids is 1. The zero-order valence-electron chi connectivity index (χ0n) is 13.6. The van der Waals surface area contributed by atoms with E-state index in [1.807, 2.05) is 0 Å². The molecule has 0 aliphatic carbocycles. The van der Waals surface area contributed by atoms with Crippen molar-refractivity contribution in [3.63, 3.8) is 0 Å². The molecule has 128 valence electrons. The van der Waals surface area contributed by atoms with Crippen LogP contribution < -0.4 is 4.74 Å². The quantitative estimate of drug-likeness (QED) is 0.839. The third-order valence-corrected chi connectivity index (χ3v) is 5.97. The number of aromatic nitrogens is 2. The highest BCUT2D eigenvalue weighted by Crippen LogP contribution is 2.23. The van der Waals surface area contributed by atoms with Gasteiger partial charge in [-0.05, 0) is 43.5 Å². The number of hydrogen-bond donors (Lipinski definition) is 0. The molecule has 0 N–H and O–H groups in total. The van der Waals surface area contributed by atoms with Gasteiger partial charge in [-0.3, -0.25) is 9.48 Å². The van der Waals surface area contributed by atoms with E-state index in [1.54, 1.807) is 16.8 Å². The maximum absolute atomic E-state index is 12.7. The van der Waals surface area contributed by atoms with Crippen LogP contribution in [0.25, 0.3) is 0 Å². The van der Waals surface area contributed by atoms with Gasteiger partial charge in [0, 0.05) is 13.6 Å². The minimum atomic E-state index is -3.92. The first-order chi connectivity index (χ1) is 11.4. The van der Waals surface area contributed by atoms with Gasteiger partial charge < -0.3 is 4.74 Å². The van der Waals surface area contributed by atoms with Crippen LogP contribution in [0.3, 0.4) is 0 Å². The predicted octanol–water partition coefficient (Wildman–Crippen LogP) is 1.69. The Morgan fingerprint density at radius 3 is 2.62 bits per heavy atom. The minimum absolute atomic E-state index is 0.0418. The zero-order chi connectivity index (χ0) is 17.3. The number of benzene rings is 1. The van der Waals surface area contributed by atoms with E-state index in [4.69, 9.17) is 4.74 Å². The van der Waals surface area contributed by atoms with Crippen LogP contribution in [0.5, 0.6) is 5.75 Å². The van der Waals surface area contributed by atoms with Gasteiger partial charge in [-0.1, -0.05) is 0 Å². The van der Waals surface area contributed by atoms with Crippen LogP contribution in [0.2, 0.25) is 0 Å². The van der Waals surface area contributed by atoms with Crippen molar-refractivity contribution in [3.8, 4) is 5.75 Å². The predicted molar refractivity (Wildman–Crippen MR) is 87.4 cm³/mol. The van der Waals surface area contributed by atoms with Crippen LogP contribution >= 0.6 is 0 Å². The van der Waals surface area contributed by atoms with Crippen molar-refractivity contribution >= 4 is 15.9 Å². The molecule has 0 fully saturated rings. The second kappa shape index (κ2) is 6.27. The van der Waals surface area contributed by atoms with Crippen molar-refractivity contribution in [2.24, 2.45) is 0 Å². The van der Waals surface area contributed by atoms with Crippen LogP contribution in [0, 0.1) is 0 Å². The molecule has 3 rings (SSSR count). The van der Waals surface area contributed by atoms with Gasteiger partial charge >= 0.3 is 0 Å². The van der Waals surface area contributed by atoms with Crippen molar-refractivity contribution < 1.29 is 17.9 Å². The average Bonchev–Trinajstić information content (AvgIpc) is 3.04. The molecule has 0 radical (unpaired) electrons. The first-order valence-electron chi connectivity index (χ1n) is 7.67. The fourth-order valence-electron chi connectivity index (χ4n) is 2.78. The third kappa shape index (κ3) is 2.77. The summed E-state index contributed by atoms with van der Waals surface area (Å²) in [5.74, 6) is -0.0115. The molecule has 0 saturated heterocycles. The molecule has 1 amide bonds. The number of fused-ring (bicyclic) bond motifs is 1. The van der Waals surface area contributed by atoms with E-state index in [-0.39, 0.29) is 4.90 Å². The number of hydrogen-bond acceptors (Lipinski definition) is 5. The summed E-state index contributed by atoms with van der Waals surface area (Å²) < 4.78 is 32.9. The maximum Gasteiger partial charge on any atom is 0.270 e. The third-order valence-electron chi connectivity index (χ3n) is 4.22. The second-order valence-electron chi connectivity index (χ2n) is 5.64. The largest absolute Gasteiger partial charge is 0.497 e. The summed E-state index contributed by atoms with van der Waals surface area (Å²) in [5, 5.41) is 4.20. The molecular formula is C16H19N3O4S. The Bertz CT molecular complexity index is 856. The van der Waals surface area contributed by atoms with Gasteiger partial charge in [0.2, 0.25) is 0 Å².